The van der Waals surface area contributed by atoms with Crippen LogP contribution in [0.5, 0.6) is 0 Å². The number of nitrogen functional groups attached to an aromatic ring is 1. The van der Waals surface area contributed by atoms with Gasteiger partial charge in [-0.15, -0.1) is 0 Å². The van der Waals surface area contributed by atoms with Crippen molar-refractivity contribution in [1.82, 2.24) is 4.90 Å². The van der Waals surface area contributed by atoms with Gasteiger partial charge in [-0.25, -0.2) is 0 Å². The number of anilines is 2. The summed E-state index contributed by atoms with van der Waals surface area (Å²) < 4.78 is 0. The van der Waals surface area contributed by atoms with Crippen LogP contribution in [0.25, 0.3) is 0 Å². The molecule has 0 aromatic heterocycles. The Bertz CT molecular complexity index is 458. The van der Waals surface area contributed by atoms with E-state index >= 15 is 0 Å². The first-order chi connectivity index (χ1) is 9.06. The molecule has 0 radical (unpaired) electrons. The molecule has 0 spiro atoms. The summed E-state index contributed by atoms with van der Waals surface area (Å²) in [5, 5.41) is 3.35. The highest BCUT2D eigenvalue weighted by atomic mass is 35.5. The van der Waals surface area contributed by atoms with E-state index < -0.39 is 0 Å². The molecule has 104 valence electrons. The number of nitrogens with zero attached hydrogens (tertiary/aromatic N) is 1. The summed E-state index contributed by atoms with van der Waals surface area (Å²) in [6.07, 6.45) is 4.92. The van der Waals surface area contributed by atoms with Gasteiger partial charge in [-0.1, -0.05) is 24.4 Å². The van der Waals surface area contributed by atoms with Crippen LogP contribution < -0.4 is 11.1 Å². The largest absolute Gasteiger partial charge is 0.397 e. The van der Waals surface area contributed by atoms with Gasteiger partial charge in [0.2, 0.25) is 5.91 Å². The fraction of sp³-hybridized carbons (Fsp3) is 0.500. The highest BCUT2D eigenvalue weighted by molar-refractivity contribution is 6.33. The monoisotopic (exact) mass is 281 g/mol. The Morgan fingerprint density at radius 2 is 2.16 bits per heavy atom. The van der Waals surface area contributed by atoms with E-state index in [4.69, 9.17) is 17.3 Å². The van der Waals surface area contributed by atoms with Gasteiger partial charge in [-0.2, -0.15) is 0 Å². The van der Waals surface area contributed by atoms with Gasteiger partial charge >= 0.3 is 0 Å². The molecule has 1 aromatic carbocycles. The summed E-state index contributed by atoms with van der Waals surface area (Å²) >= 11 is 5.84. The molecule has 0 aliphatic heterocycles. The summed E-state index contributed by atoms with van der Waals surface area (Å²) in [6.45, 7) is 0.410. The van der Waals surface area contributed by atoms with E-state index in [-0.39, 0.29) is 5.91 Å². The number of carbonyl (C=O) groups is 1. The molecule has 1 fully saturated rings. The van der Waals surface area contributed by atoms with Crippen molar-refractivity contribution in [3.8, 4) is 0 Å². The minimum absolute atomic E-state index is 0.0175. The number of amides is 1. The van der Waals surface area contributed by atoms with Gasteiger partial charge in [0.1, 0.15) is 0 Å². The van der Waals surface area contributed by atoms with Crippen molar-refractivity contribution in [1.29, 1.82) is 0 Å². The Labute approximate surface area is 118 Å². The first kappa shape index (κ1) is 14.2. The lowest BCUT2D eigenvalue weighted by atomic mass is 10.2. The molecule has 4 nitrogen and oxygen atoms in total. The van der Waals surface area contributed by atoms with E-state index in [1.807, 2.05) is 7.05 Å². The second-order valence-electron chi connectivity index (χ2n) is 5.14. The lowest BCUT2D eigenvalue weighted by molar-refractivity contribution is -0.117. The predicted octanol–water partition coefficient (Wildman–Crippen LogP) is 2.74. The quantitative estimate of drug-likeness (QED) is 0.835. The van der Waals surface area contributed by atoms with Gasteiger partial charge in [0, 0.05) is 11.7 Å². The maximum atomic E-state index is 11.9. The number of halogens is 1. The molecule has 1 aliphatic carbocycles. The molecule has 1 saturated carbocycles. The third-order valence-corrected chi connectivity index (χ3v) is 3.97. The van der Waals surface area contributed by atoms with Crippen molar-refractivity contribution in [3.05, 3.63) is 23.2 Å². The molecule has 3 N–H and O–H groups in total. The van der Waals surface area contributed by atoms with E-state index in [0.717, 1.165) is 0 Å². The number of carbonyl (C=O) groups excluding carboxylic acids is 1. The van der Waals surface area contributed by atoms with Crippen LogP contribution in [0, 0.1) is 0 Å². The number of hydrogen-bond donors (Lipinski definition) is 2. The maximum Gasteiger partial charge on any atom is 0.238 e. The molecule has 2 rings (SSSR count). The van der Waals surface area contributed by atoms with Crippen LogP contribution in [-0.4, -0.2) is 30.4 Å². The van der Waals surface area contributed by atoms with E-state index in [9.17, 15) is 4.79 Å². The minimum Gasteiger partial charge on any atom is -0.397 e. The summed E-state index contributed by atoms with van der Waals surface area (Å²) in [5.41, 5.74) is 6.87. The van der Waals surface area contributed by atoms with Crippen molar-refractivity contribution < 1.29 is 4.79 Å². The zero-order valence-electron chi connectivity index (χ0n) is 11.2. The van der Waals surface area contributed by atoms with Crippen LogP contribution in [0.4, 0.5) is 11.4 Å². The Kier molecular flexibility index (Phi) is 4.66. The molecule has 0 atom stereocenters. The van der Waals surface area contributed by atoms with Crippen molar-refractivity contribution in [2.45, 2.75) is 31.7 Å². The summed E-state index contributed by atoms with van der Waals surface area (Å²) in [4.78, 5) is 14.1. The van der Waals surface area contributed by atoms with E-state index in [1.54, 1.807) is 18.2 Å². The fourth-order valence-electron chi connectivity index (χ4n) is 2.52. The van der Waals surface area contributed by atoms with Gasteiger partial charge in [0.15, 0.2) is 0 Å². The van der Waals surface area contributed by atoms with Crippen LogP contribution >= 0.6 is 11.6 Å². The number of nitrogens with one attached hydrogen (secondary N) is 1. The highest BCUT2D eigenvalue weighted by Gasteiger charge is 2.21. The zero-order valence-corrected chi connectivity index (χ0v) is 11.9. The number of hydrogen-bond acceptors (Lipinski definition) is 3. The normalized spacial score (nSPS) is 15.9. The number of rotatable bonds is 4. The highest BCUT2D eigenvalue weighted by Crippen LogP contribution is 2.23. The lowest BCUT2D eigenvalue weighted by Gasteiger charge is -2.23. The van der Waals surface area contributed by atoms with Gasteiger partial charge in [0.05, 0.1) is 17.3 Å². The van der Waals surface area contributed by atoms with E-state index in [1.165, 1.54) is 25.7 Å². The summed E-state index contributed by atoms with van der Waals surface area (Å²) in [6, 6.07) is 5.66. The van der Waals surface area contributed by atoms with Crippen LogP contribution in [0.1, 0.15) is 25.7 Å². The van der Waals surface area contributed by atoms with Crippen LogP contribution in [0.3, 0.4) is 0 Å². The van der Waals surface area contributed by atoms with E-state index in [0.29, 0.717) is 29.0 Å². The third-order valence-electron chi connectivity index (χ3n) is 3.62. The Morgan fingerprint density at radius 1 is 1.47 bits per heavy atom. The lowest BCUT2D eigenvalue weighted by Crippen LogP contribution is -2.36. The second-order valence-corrected chi connectivity index (χ2v) is 5.55. The molecule has 1 aromatic rings. The first-order valence-electron chi connectivity index (χ1n) is 6.61. The Morgan fingerprint density at radius 3 is 2.79 bits per heavy atom. The number of benzene rings is 1. The molecule has 0 saturated heterocycles. The average molecular weight is 282 g/mol. The summed E-state index contributed by atoms with van der Waals surface area (Å²) in [5.74, 6) is -0.0175. The van der Waals surface area contributed by atoms with Crippen LogP contribution in [0.2, 0.25) is 5.02 Å². The molecular formula is C14H20ClN3O. The summed E-state index contributed by atoms with van der Waals surface area (Å²) in [7, 11) is 2.01. The van der Waals surface area contributed by atoms with Crippen molar-refractivity contribution >= 4 is 28.9 Å². The van der Waals surface area contributed by atoms with Crippen molar-refractivity contribution in [3.63, 3.8) is 0 Å². The molecular weight excluding hydrogens is 262 g/mol. The number of likely N-dealkylation sites (N-methyl/N-ethyl adjacent to an activating group) is 1. The smallest absolute Gasteiger partial charge is 0.238 e. The average Bonchev–Trinajstić information content (AvgIpc) is 2.87. The standard InChI is InChI=1S/C14H20ClN3O/c1-18(11-4-2-3-5-11)9-14(19)17-10-6-7-12(15)13(16)8-10/h6-8,11H,2-5,9,16H2,1H3,(H,17,19). The SMILES string of the molecule is CN(CC(=O)Nc1ccc(Cl)c(N)c1)C1CCCC1. The topological polar surface area (TPSA) is 58.4 Å². The van der Waals surface area contributed by atoms with Crippen molar-refractivity contribution in [2.75, 3.05) is 24.6 Å². The zero-order chi connectivity index (χ0) is 13.8. The van der Waals surface area contributed by atoms with Crippen LogP contribution in [-0.2, 0) is 4.79 Å². The van der Waals surface area contributed by atoms with Gasteiger partial charge in [-0.3, -0.25) is 9.69 Å². The van der Waals surface area contributed by atoms with Crippen molar-refractivity contribution in [2.24, 2.45) is 0 Å². The van der Waals surface area contributed by atoms with Gasteiger partial charge in [0.25, 0.3) is 0 Å². The molecule has 5 heteroatoms. The van der Waals surface area contributed by atoms with Gasteiger partial charge < -0.3 is 11.1 Å². The van der Waals surface area contributed by atoms with E-state index in [2.05, 4.69) is 10.2 Å². The molecule has 1 amide bonds. The predicted molar refractivity (Wildman–Crippen MR) is 79.4 cm³/mol. The molecule has 1 aliphatic rings. The Hall–Kier alpha value is -1.26. The second kappa shape index (κ2) is 6.26. The van der Waals surface area contributed by atoms with Crippen LogP contribution in [0.15, 0.2) is 18.2 Å². The Balaban J connectivity index is 1.88. The molecule has 0 heterocycles. The minimum atomic E-state index is -0.0175. The first-order valence-corrected chi connectivity index (χ1v) is 6.99. The fourth-order valence-corrected chi connectivity index (χ4v) is 2.64. The van der Waals surface area contributed by atoms with Gasteiger partial charge in [-0.05, 0) is 38.1 Å². The third kappa shape index (κ3) is 3.85. The molecule has 0 bridgehead atoms. The maximum absolute atomic E-state index is 11.9. The molecule has 0 unspecified atom stereocenters. The molecule has 19 heavy (non-hydrogen) atoms. The number of nitrogens with two attached hydrogens (primary N) is 1.